The second-order valence-corrected chi connectivity index (χ2v) is 4.51. The summed E-state index contributed by atoms with van der Waals surface area (Å²) in [5.74, 6) is 0.297. The molecule has 0 saturated carbocycles. The number of carbonyl (C=O) groups is 1. The van der Waals surface area contributed by atoms with Gasteiger partial charge in [0.25, 0.3) is 0 Å². The van der Waals surface area contributed by atoms with Gasteiger partial charge in [0.2, 0.25) is 5.91 Å². The largest absolute Gasteiger partial charge is 0.372 e. The number of carbonyl (C=O) groups excluding carboxylic acids is 1. The summed E-state index contributed by atoms with van der Waals surface area (Å²) in [6.07, 6.45) is 4.42. The van der Waals surface area contributed by atoms with Crippen LogP contribution in [0.1, 0.15) is 46.5 Å². The Labute approximate surface area is 92.8 Å². The van der Waals surface area contributed by atoms with Crippen LogP contribution in [0.15, 0.2) is 0 Å². The molecule has 2 atom stereocenters. The molecule has 1 aliphatic heterocycles. The summed E-state index contributed by atoms with van der Waals surface area (Å²) in [6.45, 7) is 7.73. The molecule has 3 heteroatoms. The molecule has 0 aromatic rings. The first-order chi connectivity index (χ1) is 7.13. The van der Waals surface area contributed by atoms with E-state index in [2.05, 4.69) is 6.92 Å². The summed E-state index contributed by atoms with van der Waals surface area (Å²) in [7, 11) is 0. The van der Waals surface area contributed by atoms with Crippen molar-refractivity contribution in [1.82, 2.24) is 4.90 Å². The standard InChI is InChI=1S/C12H23NO2/c1-4-5-6-7-12(14)13-8-10(2)15-11(3)9-13/h10-11H,4-9H2,1-3H3. The molecule has 1 saturated heterocycles. The summed E-state index contributed by atoms with van der Waals surface area (Å²) in [6, 6.07) is 0. The third kappa shape index (κ3) is 4.20. The van der Waals surface area contributed by atoms with Crippen molar-refractivity contribution in [3.8, 4) is 0 Å². The van der Waals surface area contributed by atoms with Gasteiger partial charge in [0.15, 0.2) is 0 Å². The number of amides is 1. The van der Waals surface area contributed by atoms with E-state index >= 15 is 0 Å². The van der Waals surface area contributed by atoms with Crippen LogP contribution >= 0.6 is 0 Å². The third-order valence-electron chi connectivity index (χ3n) is 2.77. The Morgan fingerprint density at radius 2 is 1.87 bits per heavy atom. The molecule has 3 nitrogen and oxygen atoms in total. The van der Waals surface area contributed by atoms with Crippen LogP contribution in [0.5, 0.6) is 0 Å². The highest BCUT2D eigenvalue weighted by atomic mass is 16.5. The van der Waals surface area contributed by atoms with Gasteiger partial charge in [0.1, 0.15) is 0 Å². The molecule has 0 spiro atoms. The van der Waals surface area contributed by atoms with Gasteiger partial charge in [0, 0.05) is 19.5 Å². The Hall–Kier alpha value is -0.570. The number of hydrogen-bond acceptors (Lipinski definition) is 2. The molecule has 0 N–H and O–H groups in total. The van der Waals surface area contributed by atoms with E-state index in [0.29, 0.717) is 12.3 Å². The highest BCUT2D eigenvalue weighted by molar-refractivity contribution is 5.76. The molecule has 1 rings (SSSR count). The lowest BCUT2D eigenvalue weighted by atomic mass is 10.1. The fourth-order valence-electron chi connectivity index (χ4n) is 2.07. The number of hydrogen-bond donors (Lipinski definition) is 0. The molecule has 0 radical (unpaired) electrons. The van der Waals surface area contributed by atoms with Gasteiger partial charge in [-0.1, -0.05) is 19.8 Å². The molecule has 1 aliphatic rings. The van der Waals surface area contributed by atoms with Gasteiger partial charge in [-0.05, 0) is 20.3 Å². The van der Waals surface area contributed by atoms with Gasteiger partial charge in [0.05, 0.1) is 12.2 Å². The Morgan fingerprint density at radius 1 is 1.27 bits per heavy atom. The summed E-state index contributed by atoms with van der Waals surface area (Å²) in [5, 5.41) is 0. The van der Waals surface area contributed by atoms with Gasteiger partial charge < -0.3 is 9.64 Å². The van der Waals surface area contributed by atoms with Crippen molar-refractivity contribution >= 4 is 5.91 Å². The quantitative estimate of drug-likeness (QED) is 0.670. The fraction of sp³-hybridized carbons (Fsp3) is 0.917. The maximum Gasteiger partial charge on any atom is 0.222 e. The number of ether oxygens (including phenoxy) is 1. The number of nitrogens with zero attached hydrogens (tertiary/aromatic N) is 1. The Morgan fingerprint density at radius 3 is 2.40 bits per heavy atom. The zero-order chi connectivity index (χ0) is 11.3. The van der Waals surface area contributed by atoms with E-state index in [1.165, 1.54) is 6.42 Å². The summed E-state index contributed by atoms with van der Waals surface area (Å²) >= 11 is 0. The maximum absolute atomic E-state index is 11.8. The van der Waals surface area contributed by atoms with Gasteiger partial charge in [-0.25, -0.2) is 0 Å². The van der Waals surface area contributed by atoms with Crippen LogP contribution in [0.4, 0.5) is 0 Å². The van der Waals surface area contributed by atoms with Crippen LogP contribution in [-0.2, 0) is 9.53 Å². The molecule has 1 heterocycles. The zero-order valence-corrected chi connectivity index (χ0v) is 10.2. The zero-order valence-electron chi connectivity index (χ0n) is 10.2. The Balaban J connectivity index is 2.31. The van der Waals surface area contributed by atoms with Crippen molar-refractivity contribution in [3.05, 3.63) is 0 Å². The third-order valence-corrected chi connectivity index (χ3v) is 2.77. The van der Waals surface area contributed by atoms with Crippen LogP contribution in [0.25, 0.3) is 0 Å². The lowest BCUT2D eigenvalue weighted by Crippen LogP contribution is -2.48. The van der Waals surface area contributed by atoms with Crippen LogP contribution in [0.3, 0.4) is 0 Å². The molecule has 0 aromatic carbocycles. The van der Waals surface area contributed by atoms with Crippen LogP contribution in [-0.4, -0.2) is 36.1 Å². The number of unbranched alkanes of at least 4 members (excludes halogenated alkanes) is 2. The second kappa shape index (κ2) is 6.11. The predicted molar refractivity (Wildman–Crippen MR) is 60.7 cm³/mol. The topological polar surface area (TPSA) is 29.5 Å². The normalized spacial score (nSPS) is 26.7. The molecule has 1 fully saturated rings. The molecule has 1 amide bonds. The summed E-state index contributed by atoms with van der Waals surface area (Å²) < 4.78 is 5.60. The molecular weight excluding hydrogens is 190 g/mol. The minimum absolute atomic E-state index is 0.184. The van der Waals surface area contributed by atoms with Crippen molar-refractivity contribution in [2.75, 3.05) is 13.1 Å². The SMILES string of the molecule is CCCCCC(=O)N1CC(C)OC(C)C1. The van der Waals surface area contributed by atoms with Gasteiger partial charge in [-0.3, -0.25) is 4.79 Å². The maximum atomic E-state index is 11.8. The first-order valence-electron chi connectivity index (χ1n) is 6.06. The highest BCUT2D eigenvalue weighted by Crippen LogP contribution is 2.13. The van der Waals surface area contributed by atoms with Crippen LogP contribution < -0.4 is 0 Å². The van der Waals surface area contributed by atoms with E-state index in [0.717, 1.165) is 25.9 Å². The first-order valence-corrected chi connectivity index (χ1v) is 6.06. The van der Waals surface area contributed by atoms with Crippen LogP contribution in [0, 0.1) is 0 Å². The summed E-state index contributed by atoms with van der Waals surface area (Å²) in [4.78, 5) is 13.8. The monoisotopic (exact) mass is 213 g/mol. The Bertz CT molecular complexity index is 196. The predicted octanol–water partition coefficient (Wildman–Crippen LogP) is 2.20. The lowest BCUT2D eigenvalue weighted by molar-refractivity contribution is -0.143. The molecule has 0 aromatic heterocycles. The number of morpholine rings is 1. The Kier molecular flexibility index (Phi) is 5.09. The van der Waals surface area contributed by atoms with Gasteiger partial charge in [-0.15, -0.1) is 0 Å². The van der Waals surface area contributed by atoms with E-state index < -0.39 is 0 Å². The summed E-state index contributed by atoms with van der Waals surface area (Å²) in [5.41, 5.74) is 0. The second-order valence-electron chi connectivity index (χ2n) is 4.51. The molecule has 2 unspecified atom stereocenters. The van der Waals surface area contributed by atoms with E-state index in [-0.39, 0.29) is 12.2 Å². The van der Waals surface area contributed by atoms with E-state index in [9.17, 15) is 4.79 Å². The molecule has 0 bridgehead atoms. The van der Waals surface area contributed by atoms with E-state index in [4.69, 9.17) is 4.74 Å². The van der Waals surface area contributed by atoms with Crippen molar-refractivity contribution in [1.29, 1.82) is 0 Å². The fourth-order valence-corrected chi connectivity index (χ4v) is 2.07. The van der Waals surface area contributed by atoms with Crippen molar-refractivity contribution in [2.24, 2.45) is 0 Å². The van der Waals surface area contributed by atoms with Crippen molar-refractivity contribution in [3.63, 3.8) is 0 Å². The molecule has 0 aliphatic carbocycles. The minimum atomic E-state index is 0.184. The first kappa shape index (κ1) is 12.5. The van der Waals surface area contributed by atoms with Crippen molar-refractivity contribution < 1.29 is 9.53 Å². The number of rotatable bonds is 4. The van der Waals surface area contributed by atoms with E-state index in [1.807, 2.05) is 18.7 Å². The van der Waals surface area contributed by atoms with Gasteiger partial charge >= 0.3 is 0 Å². The smallest absolute Gasteiger partial charge is 0.222 e. The minimum Gasteiger partial charge on any atom is -0.372 e. The molecular formula is C12H23NO2. The van der Waals surface area contributed by atoms with E-state index in [1.54, 1.807) is 0 Å². The highest BCUT2D eigenvalue weighted by Gasteiger charge is 2.25. The average Bonchev–Trinajstić information content (AvgIpc) is 2.16. The van der Waals surface area contributed by atoms with Crippen LogP contribution in [0.2, 0.25) is 0 Å². The van der Waals surface area contributed by atoms with Crippen molar-refractivity contribution in [2.45, 2.75) is 58.7 Å². The average molecular weight is 213 g/mol. The van der Waals surface area contributed by atoms with Gasteiger partial charge in [-0.2, -0.15) is 0 Å². The lowest BCUT2D eigenvalue weighted by Gasteiger charge is -2.35. The molecule has 88 valence electrons. The molecule has 15 heavy (non-hydrogen) atoms.